The number of methoxy groups -OCH3 is 1. The molecule has 4 rings (SSSR count). The number of carbonyl (C=O) groups excluding carboxylic acids is 2. The Hall–Kier alpha value is -3.29. The Labute approximate surface area is 210 Å². The average molecular weight is 543 g/mol. The second kappa shape index (κ2) is 9.52. The minimum Gasteiger partial charge on any atom is -0.507 e. The molecule has 0 saturated carbocycles. The number of carbonyl (C=O) groups is 2. The summed E-state index contributed by atoms with van der Waals surface area (Å²) in [5.74, 6) is -1.50. The fourth-order valence-electron chi connectivity index (χ4n) is 3.97. The number of Topliss-reactive ketones (excluding diaryl/α,β-unsaturated/α-hetero) is 1. The summed E-state index contributed by atoms with van der Waals surface area (Å²) in [6.07, 6.45) is 0.822. The van der Waals surface area contributed by atoms with Gasteiger partial charge in [0.05, 0.1) is 28.2 Å². The quantitative estimate of drug-likeness (QED) is 0.234. The first-order valence-corrected chi connectivity index (χ1v) is 11.7. The average Bonchev–Trinajstić information content (AvgIpc) is 3.10. The fourth-order valence-corrected chi connectivity index (χ4v) is 4.70. The number of phenolic OH excluding ortho intramolecular Hbond substituents is 1. The number of aromatic hydroxyl groups is 1. The monoisotopic (exact) mass is 541 g/mol. The summed E-state index contributed by atoms with van der Waals surface area (Å²) < 4.78 is 5.82. The molecule has 34 heavy (non-hydrogen) atoms. The lowest BCUT2D eigenvalue weighted by Gasteiger charge is -2.26. The molecule has 3 aromatic carbocycles. The van der Waals surface area contributed by atoms with E-state index >= 15 is 0 Å². The number of aliphatic hydroxyl groups is 1. The Bertz CT molecular complexity index is 1320. The van der Waals surface area contributed by atoms with Crippen molar-refractivity contribution in [2.45, 2.75) is 19.4 Å². The molecule has 6 nitrogen and oxygen atoms in total. The van der Waals surface area contributed by atoms with E-state index in [4.69, 9.17) is 16.3 Å². The van der Waals surface area contributed by atoms with Gasteiger partial charge in [0.1, 0.15) is 17.3 Å². The number of halogens is 2. The van der Waals surface area contributed by atoms with E-state index in [1.807, 2.05) is 19.1 Å². The van der Waals surface area contributed by atoms with Crippen LogP contribution in [-0.4, -0.2) is 29.0 Å². The number of aliphatic hydroxyl groups excluding tert-OH is 1. The normalized spacial score (nSPS) is 17.3. The van der Waals surface area contributed by atoms with Crippen LogP contribution < -0.4 is 9.64 Å². The zero-order valence-electron chi connectivity index (χ0n) is 18.4. The van der Waals surface area contributed by atoms with E-state index in [1.54, 1.807) is 36.4 Å². The number of anilines is 1. The molecule has 0 bridgehead atoms. The molecule has 1 heterocycles. The van der Waals surface area contributed by atoms with Crippen molar-refractivity contribution in [3.63, 3.8) is 0 Å². The summed E-state index contributed by atoms with van der Waals surface area (Å²) in [6.45, 7) is 2.02. The molecule has 0 radical (unpaired) electrons. The maximum atomic E-state index is 13.2. The molecule has 0 spiro atoms. The number of hydrogen-bond donors (Lipinski definition) is 2. The molecule has 2 N–H and O–H groups in total. The first-order chi connectivity index (χ1) is 16.3. The summed E-state index contributed by atoms with van der Waals surface area (Å²) in [4.78, 5) is 27.8. The summed E-state index contributed by atoms with van der Waals surface area (Å²) in [5.41, 5.74) is 2.30. The molecule has 1 amide bonds. The third-order valence-electron chi connectivity index (χ3n) is 5.78. The van der Waals surface area contributed by atoms with Gasteiger partial charge in [0.15, 0.2) is 0 Å². The van der Waals surface area contributed by atoms with E-state index in [9.17, 15) is 19.8 Å². The van der Waals surface area contributed by atoms with Crippen LogP contribution in [-0.2, 0) is 16.0 Å². The lowest BCUT2D eigenvalue weighted by Crippen LogP contribution is -2.29. The first kappa shape index (κ1) is 23.9. The van der Waals surface area contributed by atoms with Crippen molar-refractivity contribution < 1.29 is 24.5 Å². The molecular weight excluding hydrogens is 522 g/mol. The number of ketones is 1. The lowest BCUT2D eigenvalue weighted by atomic mass is 9.95. The van der Waals surface area contributed by atoms with Gasteiger partial charge in [-0.05, 0) is 75.9 Å². The van der Waals surface area contributed by atoms with E-state index in [2.05, 4.69) is 15.9 Å². The number of benzene rings is 3. The Morgan fingerprint density at radius 1 is 1.09 bits per heavy atom. The van der Waals surface area contributed by atoms with Crippen molar-refractivity contribution in [2.24, 2.45) is 0 Å². The van der Waals surface area contributed by atoms with Gasteiger partial charge in [0.25, 0.3) is 11.7 Å². The van der Waals surface area contributed by atoms with Gasteiger partial charge in [0.2, 0.25) is 0 Å². The van der Waals surface area contributed by atoms with E-state index < -0.39 is 17.7 Å². The molecule has 1 unspecified atom stereocenters. The van der Waals surface area contributed by atoms with Gasteiger partial charge < -0.3 is 14.9 Å². The molecule has 1 atom stereocenters. The number of hydrogen-bond acceptors (Lipinski definition) is 5. The number of amides is 1. The minimum atomic E-state index is -0.952. The summed E-state index contributed by atoms with van der Waals surface area (Å²) in [7, 11) is 1.52. The molecule has 1 aliphatic heterocycles. The number of nitrogens with zero attached hydrogens (tertiary/aromatic N) is 1. The van der Waals surface area contributed by atoms with Crippen molar-refractivity contribution in [1.29, 1.82) is 0 Å². The molecule has 0 aliphatic carbocycles. The van der Waals surface area contributed by atoms with Gasteiger partial charge in [-0.3, -0.25) is 14.5 Å². The molecule has 1 fully saturated rings. The summed E-state index contributed by atoms with van der Waals surface area (Å²) in [5, 5.41) is 21.2. The Kier molecular flexibility index (Phi) is 6.68. The van der Waals surface area contributed by atoms with E-state index in [1.165, 1.54) is 24.1 Å². The largest absolute Gasteiger partial charge is 0.507 e. The highest BCUT2D eigenvalue weighted by Gasteiger charge is 2.47. The predicted octanol–water partition coefficient (Wildman–Crippen LogP) is 6.01. The number of aryl methyl sites for hydroxylation is 1. The van der Waals surface area contributed by atoms with Crippen LogP contribution in [0.15, 0.2) is 70.7 Å². The van der Waals surface area contributed by atoms with Crippen LogP contribution in [0.2, 0.25) is 5.02 Å². The number of phenols is 1. The topological polar surface area (TPSA) is 87.1 Å². The molecule has 174 valence electrons. The van der Waals surface area contributed by atoms with Crippen LogP contribution in [0.5, 0.6) is 11.5 Å². The van der Waals surface area contributed by atoms with E-state index in [0.29, 0.717) is 27.0 Å². The Morgan fingerprint density at radius 2 is 1.79 bits per heavy atom. The van der Waals surface area contributed by atoms with Crippen molar-refractivity contribution >= 4 is 50.7 Å². The van der Waals surface area contributed by atoms with Crippen LogP contribution in [0, 0.1) is 0 Å². The fraction of sp³-hybridized carbons (Fsp3) is 0.154. The zero-order valence-corrected chi connectivity index (χ0v) is 20.7. The summed E-state index contributed by atoms with van der Waals surface area (Å²) in [6, 6.07) is 15.7. The highest BCUT2D eigenvalue weighted by Crippen LogP contribution is 2.44. The van der Waals surface area contributed by atoms with Crippen LogP contribution in [0.4, 0.5) is 5.69 Å². The van der Waals surface area contributed by atoms with Crippen molar-refractivity contribution in [1.82, 2.24) is 0 Å². The van der Waals surface area contributed by atoms with Crippen LogP contribution in [0.3, 0.4) is 0 Å². The molecule has 0 aromatic heterocycles. The van der Waals surface area contributed by atoms with Crippen LogP contribution in [0.1, 0.15) is 29.7 Å². The standard InChI is InChI=1S/C26H21BrClNO5/c1-3-14-4-8-17(9-5-14)29-23(15-6-10-20(30)19(28)13-15)22(25(32)26(29)33)24(31)16-7-11-21(34-2)18(27)12-16/h4-13,23,30-31H,3H2,1-2H3/b24-22-. The third-order valence-corrected chi connectivity index (χ3v) is 6.70. The van der Waals surface area contributed by atoms with Crippen LogP contribution in [0.25, 0.3) is 5.76 Å². The van der Waals surface area contributed by atoms with Crippen molar-refractivity contribution in [2.75, 3.05) is 12.0 Å². The maximum Gasteiger partial charge on any atom is 0.300 e. The van der Waals surface area contributed by atoms with Gasteiger partial charge in [-0.15, -0.1) is 0 Å². The highest BCUT2D eigenvalue weighted by atomic mass is 79.9. The van der Waals surface area contributed by atoms with Gasteiger partial charge in [0, 0.05) is 11.3 Å². The highest BCUT2D eigenvalue weighted by molar-refractivity contribution is 9.10. The van der Waals surface area contributed by atoms with E-state index in [-0.39, 0.29) is 22.1 Å². The third kappa shape index (κ3) is 4.17. The number of ether oxygens (including phenoxy) is 1. The zero-order chi connectivity index (χ0) is 24.6. The second-order valence-corrected chi connectivity index (χ2v) is 9.01. The van der Waals surface area contributed by atoms with Crippen molar-refractivity contribution in [3.8, 4) is 11.5 Å². The van der Waals surface area contributed by atoms with Gasteiger partial charge >= 0.3 is 0 Å². The Morgan fingerprint density at radius 3 is 2.38 bits per heavy atom. The van der Waals surface area contributed by atoms with Crippen molar-refractivity contribution in [3.05, 3.63) is 92.4 Å². The molecular formula is C26H21BrClNO5. The van der Waals surface area contributed by atoms with Crippen LogP contribution >= 0.6 is 27.5 Å². The lowest BCUT2D eigenvalue weighted by molar-refractivity contribution is -0.132. The minimum absolute atomic E-state index is 0.0663. The van der Waals surface area contributed by atoms with E-state index in [0.717, 1.165) is 12.0 Å². The SMILES string of the molecule is CCc1ccc(N2C(=O)C(=O)/C(=C(\O)c3ccc(OC)c(Br)c3)C2c2ccc(O)c(Cl)c2)cc1. The molecule has 1 saturated heterocycles. The first-order valence-electron chi connectivity index (χ1n) is 10.5. The van der Waals surface area contributed by atoms with Gasteiger partial charge in [-0.1, -0.05) is 36.7 Å². The predicted molar refractivity (Wildman–Crippen MR) is 134 cm³/mol. The smallest absolute Gasteiger partial charge is 0.300 e. The molecule has 8 heteroatoms. The molecule has 3 aromatic rings. The number of rotatable bonds is 5. The summed E-state index contributed by atoms with van der Waals surface area (Å²) >= 11 is 9.54. The van der Waals surface area contributed by atoms with Gasteiger partial charge in [-0.25, -0.2) is 0 Å². The Balaban J connectivity index is 1.94. The van der Waals surface area contributed by atoms with Gasteiger partial charge in [-0.2, -0.15) is 0 Å². The maximum absolute atomic E-state index is 13.2. The second-order valence-electron chi connectivity index (χ2n) is 7.75. The molecule has 1 aliphatic rings.